The molecule has 7 heteroatoms. The monoisotopic (exact) mass is 366 g/mol. The summed E-state index contributed by atoms with van der Waals surface area (Å²) in [6.07, 6.45) is 6.60. The van der Waals surface area contributed by atoms with E-state index in [1.165, 1.54) is 12.1 Å². The van der Waals surface area contributed by atoms with Crippen molar-refractivity contribution in [1.29, 1.82) is 0 Å². The van der Waals surface area contributed by atoms with Crippen LogP contribution >= 0.6 is 0 Å². The van der Waals surface area contributed by atoms with E-state index in [2.05, 4.69) is 15.0 Å². The van der Waals surface area contributed by atoms with E-state index in [-0.39, 0.29) is 17.8 Å². The zero-order chi connectivity index (χ0) is 18.6. The highest BCUT2D eigenvalue weighted by molar-refractivity contribution is 5.94. The van der Waals surface area contributed by atoms with Crippen LogP contribution in [-0.2, 0) is 0 Å². The second kappa shape index (κ2) is 7.57. The lowest BCUT2D eigenvalue weighted by molar-refractivity contribution is 0.0511. The Morgan fingerprint density at radius 2 is 1.96 bits per heavy atom. The van der Waals surface area contributed by atoms with Gasteiger partial charge in [0, 0.05) is 25.1 Å². The van der Waals surface area contributed by atoms with Crippen LogP contribution in [0.5, 0.6) is 6.01 Å². The van der Waals surface area contributed by atoms with Gasteiger partial charge in [0.2, 0.25) is 0 Å². The summed E-state index contributed by atoms with van der Waals surface area (Å²) in [6.45, 7) is 1.17. The highest BCUT2D eigenvalue weighted by Crippen LogP contribution is 2.22. The lowest BCUT2D eigenvalue weighted by Gasteiger charge is -2.32. The molecule has 1 aliphatic rings. The minimum absolute atomic E-state index is 0.0781. The molecule has 2 aromatic heterocycles. The van der Waals surface area contributed by atoms with Gasteiger partial charge in [0.05, 0.1) is 6.54 Å². The number of hydrogen-bond donors (Lipinski definition) is 1. The SMILES string of the molecule is O=C(c1cc(-c2ccc(F)cc2)c[nH]1)N1CCCC(Oc2ncccn2)C1. The third-order valence-corrected chi connectivity index (χ3v) is 4.57. The van der Waals surface area contributed by atoms with Gasteiger partial charge in [-0.3, -0.25) is 4.79 Å². The second-order valence-corrected chi connectivity index (χ2v) is 6.47. The Labute approximate surface area is 156 Å². The molecule has 1 atom stereocenters. The first kappa shape index (κ1) is 17.2. The number of likely N-dealkylation sites (tertiary alicyclic amines) is 1. The minimum atomic E-state index is -0.285. The number of carbonyl (C=O) groups excluding carboxylic acids is 1. The Kier molecular flexibility index (Phi) is 4.82. The van der Waals surface area contributed by atoms with Crippen molar-refractivity contribution in [1.82, 2.24) is 19.9 Å². The maximum Gasteiger partial charge on any atom is 0.316 e. The molecule has 4 rings (SSSR count). The Morgan fingerprint density at radius 1 is 1.19 bits per heavy atom. The number of aromatic amines is 1. The number of nitrogens with zero attached hydrogens (tertiary/aromatic N) is 3. The van der Waals surface area contributed by atoms with E-state index in [1.54, 1.807) is 47.8 Å². The standard InChI is InChI=1S/C20H19FN4O2/c21-16-6-4-14(5-7-16)15-11-18(24-12-15)19(26)25-10-1-3-17(13-25)27-20-22-8-2-9-23-20/h2,4-9,11-12,17,24H,1,3,10,13H2. The molecule has 1 fully saturated rings. The summed E-state index contributed by atoms with van der Waals surface area (Å²) in [5, 5.41) is 0. The molecule has 0 spiro atoms. The Hall–Kier alpha value is -3.22. The minimum Gasteiger partial charge on any atom is -0.458 e. The Bertz CT molecular complexity index is 911. The summed E-state index contributed by atoms with van der Waals surface area (Å²) in [5.74, 6) is -0.363. The zero-order valence-electron chi connectivity index (χ0n) is 14.6. The summed E-state index contributed by atoms with van der Waals surface area (Å²) in [4.78, 5) is 25.8. The summed E-state index contributed by atoms with van der Waals surface area (Å²) in [7, 11) is 0. The fraction of sp³-hybridized carbons (Fsp3) is 0.250. The number of halogens is 1. The van der Waals surface area contributed by atoms with Crippen LogP contribution in [0.25, 0.3) is 11.1 Å². The molecule has 1 aliphatic heterocycles. The fourth-order valence-electron chi connectivity index (χ4n) is 3.21. The number of rotatable bonds is 4. The number of carbonyl (C=O) groups is 1. The molecule has 27 heavy (non-hydrogen) atoms. The van der Waals surface area contributed by atoms with E-state index in [0.29, 0.717) is 24.8 Å². The molecule has 0 radical (unpaired) electrons. The van der Waals surface area contributed by atoms with Gasteiger partial charge in [-0.15, -0.1) is 0 Å². The van der Waals surface area contributed by atoms with Crippen LogP contribution in [-0.4, -0.2) is 45.0 Å². The number of benzene rings is 1. The topological polar surface area (TPSA) is 71.1 Å². The normalized spacial score (nSPS) is 16.9. The molecule has 1 unspecified atom stereocenters. The average Bonchev–Trinajstić information content (AvgIpc) is 3.19. The van der Waals surface area contributed by atoms with E-state index >= 15 is 0 Å². The van der Waals surface area contributed by atoms with Crippen LogP contribution in [0.15, 0.2) is 55.0 Å². The second-order valence-electron chi connectivity index (χ2n) is 6.47. The van der Waals surface area contributed by atoms with Crippen LogP contribution in [0, 0.1) is 5.82 Å². The van der Waals surface area contributed by atoms with E-state index in [1.807, 2.05) is 0 Å². The molecule has 6 nitrogen and oxygen atoms in total. The Balaban J connectivity index is 1.44. The molecule has 0 bridgehead atoms. The highest BCUT2D eigenvalue weighted by Gasteiger charge is 2.27. The van der Waals surface area contributed by atoms with Gasteiger partial charge < -0.3 is 14.6 Å². The van der Waals surface area contributed by atoms with E-state index in [9.17, 15) is 9.18 Å². The molecule has 3 heterocycles. The number of aromatic nitrogens is 3. The van der Waals surface area contributed by atoms with Gasteiger partial charge in [-0.25, -0.2) is 14.4 Å². The van der Waals surface area contributed by atoms with Crippen molar-refractivity contribution < 1.29 is 13.9 Å². The molecule has 138 valence electrons. The van der Waals surface area contributed by atoms with Crippen LogP contribution < -0.4 is 4.74 Å². The number of nitrogens with one attached hydrogen (secondary N) is 1. The van der Waals surface area contributed by atoms with Crippen LogP contribution in [0.3, 0.4) is 0 Å². The van der Waals surface area contributed by atoms with Crippen molar-refractivity contribution in [3.05, 3.63) is 66.5 Å². The number of ether oxygens (including phenoxy) is 1. The first-order valence-corrected chi connectivity index (χ1v) is 8.86. The average molecular weight is 366 g/mol. The maximum absolute atomic E-state index is 13.1. The summed E-state index contributed by atoms with van der Waals surface area (Å²) >= 11 is 0. The molecule has 1 saturated heterocycles. The van der Waals surface area contributed by atoms with Crippen molar-refractivity contribution in [3.63, 3.8) is 0 Å². The van der Waals surface area contributed by atoms with Crippen LogP contribution in [0.2, 0.25) is 0 Å². The predicted molar refractivity (Wildman–Crippen MR) is 97.8 cm³/mol. The van der Waals surface area contributed by atoms with E-state index in [4.69, 9.17) is 4.74 Å². The molecular formula is C20H19FN4O2. The molecule has 0 aliphatic carbocycles. The Morgan fingerprint density at radius 3 is 2.74 bits per heavy atom. The first-order chi connectivity index (χ1) is 13.2. The van der Waals surface area contributed by atoms with Crippen molar-refractivity contribution in [2.24, 2.45) is 0 Å². The van der Waals surface area contributed by atoms with Crippen molar-refractivity contribution >= 4 is 5.91 Å². The summed E-state index contributed by atoms with van der Waals surface area (Å²) in [5.41, 5.74) is 2.21. The maximum atomic E-state index is 13.1. The molecular weight excluding hydrogens is 347 g/mol. The van der Waals surface area contributed by atoms with Gasteiger partial charge in [-0.2, -0.15) is 0 Å². The van der Waals surface area contributed by atoms with E-state index < -0.39 is 0 Å². The number of piperidine rings is 1. The number of hydrogen-bond acceptors (Lipinski definition) is 4. The van der Waals surface area contributed by atoms with Gasteiger partial charge in [0.15, 0.2) is 0 Å². The van der Waals surface area contributed by atoms with Gasteiger partial charge in [0.25, 0.3) is 5.91 Å². The summed E-state index contributed by atoms with van der Waals surface area (Å²) < 4.78 is 18.9. The highest BCUT2D eigenvalue weighted by atomic mass is 19.1. The third-order valence-electron chi connectivity index (χ3n) is 4.57. The van der Waals surface area contributed by atoms with Gasteiger partial charge >= 0.3 is 6.01 Å². The summed E-state index contributed by atoms with van der Waals surface area (Å²) in [6, 6.07) is 10.0. The molecule has 1 N–H and O–H groups in total. The molecule has 1 amide bonds. The smallest absolute Gasteiger partial charge is 0.316 e. The molecule has 0 saturated carbocycles. The fourth-order valence-corrected chi connectivity index (χ4v) is 3.21. The van der Waals surface area contributed by atoms with Gasteiger partial charge in [-0.1, -0.05) is 12.1 Å². The largest absolute Gasteiger partial charge is 0.458 e. The number of H-pyrrole nitrogens is 1. The predicted octanol–water partition coefficient (Wildman–Crippen LogP) is 3.29. The zero-order valence-corrected chi connectivity index (χ0v) is 14.6. The molecule has 1 aromatic carbocycles. The van der Waals surface area contributed by atoms with E-state index in [0.717, 1.165) is 24.0 Å². The van der Waals surface area contributed by atoms with Crippen molar-refractivity contribution in [3.8, 4) is 17.1 Å². The van der Waals surface area contributed by atoms with Crippen molar-refractivity contribution in [2.75, 3.05) is 13.1 Å². The first-order valence-electron chi connectivity index (χ1n) is 8.86. The van der Waals surface area contributed by atoms with Gasteiger partial charge in [0.1, 0.15) is 17.6 Å². The lowest BCUT2D eigenvalue weighted by atomic mass is 10.1. The number of amides is 1. The molecule has 3 aromatic rings. The quantitative estimate of drug-likeness (QED) is 0.769. The van der Waals surface area contributed by atoms with Crippen molar-refractivity contribution in [2.45, 2.75) is 18.9 Å². The van der Waals surface area contributed by atoms with Gasteiger partial charge in [-0.05, 0) is 48.2 Å². The van der Waals surface area contributed by atoms with Crippen LogP contribution in [0.4, 0.5) is 4.39 Å². The third kappa shape index (κ3) is 3.97. The lowest BCUT2D eigenvalue weighted by Crippen LogP contribution is -2.44. The van der Waals surface area contributed by atoms with Crippen LogP contribution in [0.1, 0.15) is 23.3 Å².